The molecule has 78 valence electrons. The maximum atomic E-state index is 10.3. The number of aryl methyl sites for hydroxylation is 1. The van der Waals surface area contributed by atoms with E-state index in [0.717, 1.165) is 19.4 Å². The van der Waals surface area contributed by atoms with Crippen LogP contribution in [0.15, 0.2) is 6.20 Å². The molecule has 0 aliphatic carbocycles. The molecular weight excluding hydrogens is 178 g/mol. The summed E-state index contributed by atoms with van der Waals surface area (Å²) < 4.78 is 1.72. The number of hydrogen-bond donors (Lipinski definition) is 0. The minimum Gasteiger partial charge on any atom is -0.296 e. The summed E-state index contributed by atoms with van der Waals surface area (Å²) in [6.07, 6.45) is 4.59. The van der Waals surface area contributed by atoms with Crippen molar-refractivity contribution in [3.05, 3.63) is 11.9 Å². The van der Waals surface area contributed by atoms with Crippen LogP contribution in [-0.4, -0.2) is 21.3 Å². The number of nitrogens with zero attached hydrogens (tertiary/aromatic N) is 3. The Bertz CT molecular complexity index is 299. The number of aromatic nitrogens is 3. The zero-order chi connectivity index (χ0) is 10.6. The Labute approximate surface area is 84.3 Å². The number of carbonyl (C=O) groups excluding carboxylic acids is 1. The van der Waals surface area contributed by atoms with Gasteiger partial charge in [0.25, 0.3) is 0 Å². The van der Waals surface area contributed by atoms with E-state index in [-0.39, 0.29) is 0 Å². The fraction of sp³-hybridized carbons (Fsp3) is 0.700. The lowest BCUT2D eigenvalue weighted by molar-refractivity contribution is 0.111. The molecule has 1 aromatic rings. The van der Waals surface area contributed by atoms with Crippen LogP contribution in [0.4, 0.5) is 0 Å². The first-order valence-electron chi connectivity index (χ1n) is 4.86. The van der Waals surface area contributed by atoms with Gasteiger partial charge in [0, 0.05) is 6.54 Å². The zero-order valence-corrected chi connectivity index (χ0v) is 9.03. The van der Waals surface area contributed by atoms with E-state index in [0.29, 0.717) is 17.4 Å². The number of rotatable bonds is 4. The summed E-state index contributed by atoms with van der Waals surface area (Å²) in [5.74, 6) is 0. The van der Waals surface area contributed by atoms with Gasteiger partial charge in [0.05, 0.1) is 6.20 Å². The molecule has 0 fully saturated rings. The normalized spacial score (nSPS) is 11.6. The first-order valence-corrected chi connectivity index (χ1v) is 4.86. The molecule has 0 unspecified atom stereocenters. The first kappa shape index (κ1) is 10.9. The summed E-state index contributed by atoms with van der Waals surface area (Å²) in [6.45, 7) is 7.47. The maximum absolute atomic E-state index is 10.3. The average molecular weight is 195 g/mol. The maximum Gasteiger partial charge on any atom is 0.171 e. The van der Waals surface area contributed by atoms with E-state index in [4.69, 9.17) is 0 Å². The molecule has 0 aliphatic rings. The van der Waals surface area contributed by atoms with Gasteiger partial charge in [-0.3, -0.25) is 9.48 Å². The Morgan fingerprint density at radius 1 is 1.50 bits per heavy atom. The summed E-state index contributed by atoms with van der Waals surface area (Å²) in [5, 5.41) is 7.54. The first-order chi connectivity index (χ1) is 6.51. The third kappa shape index (κ3) is 3.68. The molecule has 0 saturated heterocycles. The molecule has 0 bridgehead atoms. The summed E-state index contributed by atoms with van der Waals surface area (Å²) in [6, 6.07) is 0. The van der Waals surface area contributed by atoms with Crippen LogP contribution in [0.1, 0.15) is 44.1 Å². The van der Waals surface area contributed by atoms with Gasteiger partial charge in [-0.2, -0.15) is 0 Å². The SMILES string of the molecule is CC(C)(C)CCCn1cc(C=O)nn1. The Balaban J connectivity index is 2.35. The largest absolute Gasteiger partial charge is 0.296 e. The molecule has 14 heavy (non-hydrogen) atoms. The second kappa shape index (κ2) is 4.35. The van der Waals surface area contributed by atoms with Crippen molar-refractivity contribution in [2.75, 3.05) is 0 Å². The van der Waals surface area contributed by atoms with Crippen molar-refractivity contribution < 1.29 is 4.79 Å². The van der Waals surface area contributed by atoms with E-state index in [1.807, 2.05) is 0 Å². The van der Waals surface area contributed by atoms with E-state index < -0.39 is 0 Å². The topological polar surface area (TPSA) is 47.8 Å². The van der Waals surface area contributed by atoms with Crippen molar-refractivity contribution in [1.29, 1.82) is 0 Å². The van der Waals surface area contributed by atoms with Gasteiger partial charge in [0.15, 0.2) is 6.29 Å². The van der Waals surface area contributed by atoms with Crippen LogP contribution in [0, 0.1) is 5.41 Å². The highest BCUT2D eigenvalue weighted by atomic mass is 16.1. The van der Waals surface area contributed by atoms with Crippen molar-refractivity contribution in [2.45, 2.75) is 40.2 Å². The zero-order valence-electron chi connectivity index (χ0n) is 9.03. The third-order valence-corrected chi connectivity index (χ3v) is 1.99. The number of carbonyl (C=O) groups is 1. The van der Waals surface area contributed by atoms with Crippen molar-refractivity contribution in [3.63, 3.8) is 0 Å². The van der Waals surface area contributed by atoms with Crippen LogP contribution in [0.5, 0.6) is 0 Å². The van der Waals surface area contributed by atoms with Crippen molar-refractivity contribution >= 4 is 6.29 Å². The van der Waals surface area contributed by atoms with E-state index in [1.54, 1.807) is 10.9 Å². The van der Waals surface area contributed by atoms with Gasteiger partial charge in [0.1, 0.15) is 5.69 Å². The molecule has 1 aromatic heterocycles. The van der Waals surface area contributed by atoms with Gasteiger partial charge in [-0.15, -0.1) is 5.10 Å². The highest BCUT2D eigenvalue weighted by Gasteiger charge is 2.09. The average Bonchev–Trinajstić information content (AvgIpc) is 2.50. The summed E-state index contributed by atoms with van der Waals surface area (Å²) >= 11 is 0. The molecule has 4 nitrogen and oxygen atoms in total. The third-order valence-electron chi connectivity index (χ3n) is 1.99. The molecule has 0 aromatic carbocycles. The molecule has 0 aliphatic heterocycles. The van der Waals surface area contributed by atoms with E-state index in [9.17, 15) is 4.79 Å². The number of aldehydes is 1. The van der Waals surface area contributed by atoms with E-state index in [1.165, 1.54) is 0 Å². The lowest BCUT2D eigenvalue weighted by Crippen LogP contribution is -2.07. The van der Waals surface area contributed by atoms with E-state index in [2.05, 4.69) is 31.1 Å². The van der Waals surface area contributed by atoms with Gasteiger partial charge in [-0.25, -0.2) is 0 Å². The van der Waals surface area contributed by atoms with Crippen LogP contribution in [0.25, 0.3) is 0 Å². The smallest absolute Gasteiger partial charge is 0.171 e. The van der Waals surface area contributed by atoms with Crippen LogP contribution in [0.3, 0.4) is 0 Å². The summed E-state index contributed by atoms with van der Waals surface area (Å²) in [7, 11) is 0. The van der Waals surface area contributed by atoms with Gasteiger partial charge < -0.3 is 0 Å². The van der Waals surface area contributed by atoms with Gasteiger partial charge in [0.2, 0.25) is 0 Å². The highest BCUT2D eigenvalue weighted by molar-refractivity contribution is 5.70. The van der Waals surface area contributed by atoms with Crippen molar-refractivity contribution in [1.82, 2.24) is 15.0 Å². The lowest BCUT2D eigenvalue weighted by Gasteiger charge is -2.17. The Morgan fingerprint density at radius 3 is 2.71 bits per heavy atom. The fourth-order valence-corrected chi connectivity index (χ4v) is 1.25. The number of hydrogen-bond acceptors (Lipinski definition) is 3. The Morgan fingerprint density at radius 2 is 2.21 bits per heavy atom. The molecule has 0 saturated carbocycles. The molecule has 1 rings (SSSR count). The summed E-state index contributed by atoms with van der Waals surface area (Å²) in [4.78, 5) is 10.3. The van der Waals surface area contributed by atoms with Crippen molar-refractivity contribution in [3.8, 4) is 0 Å². The molecule has 0 atom stereocenters. The second-order valence-electron chi connectivity index (χ2n) is 4.69. The van der Waals surface area contributed by atoms with Gasteiger partial charge >= 0.3 is 0 Å². The van der Waals surface area contributed by atoms with Gasteiger partial charge in [-0.1, -0.05) is 26.0 Å². The molecule has 1 heterocycles. The predicted octanol–water partition coefficient (Wildman–Crippen LogP) is 1.92. The second-order valence-corrected chi connectivity index (χ2v) is 4.69. The Hall–Kier alpha value is -1.19. The molecule has 0 spiro atoms. The molecular formula is C10H17N3O. The van der Waals surface area contributed by atoms with Crippen LogP contribution >= 0.6 is 0 Å². The monoisotopic (exact) mass is 195 g/mol. The van der Waals surface area contributed by atoms with Crippen LogP contribution in [0.2, 0.25) is 0 Å². The Kier molecular flexibility index (Phi) is 3.38. The lowest BCUT2D eigenvalue weighted by atomic mass is 9.91. The highest BCUT2D eigenvalue weighted by Crippen LogP contribution is 2.20. The van der Waals surface area contributed by atoms with E-state index >= 15 is 0 Å². The van der Waals surface area contributed by atoms with Gasteiger partial charge in [-0.05, 0) is 18.3 Å². The predicted molar refractivity (Wildman–Crippen MR) is 54.1 cm³/mol. The summed E-state index contributed by atoms with van der Waals surface area (Å²) in [5.41, 5.74) is 0.759. The fourth-order valence-electron chi connectivity index (χ4n) is 1.25. The molecule has 0 N–H and O–H groups in total. The standard InChI is InChI=1S/C10H17N3O/c1-10(2,3)5-4-6-13-7-9(8-14)11-12-13/h7-8H,4-6H2,1-3H3. The van der Waals surface area contributed by atoms with Crippen LogP contribution < -0.4 is 0 Å². The molecule has 0 radical (unpaired) electrons. The molecule has 4 heteroatoms. The quantitative estimate of drug-likeness (QED) is 0.689. The minimum atomic E-state index is 0.355. The molecule has 0 amide bonds. The minimum absolute atomic E-state index is 0.355. The van der Waals surface area contributed by atoms with Crippen molar-refractivity contribution in [2.24, 2.45) is 5.41 Å². The van der Waals surface area contributed by atoms with Crippen LogP contribution in [-0.2, 0) is 6.54 Å².